The highest BCUT2D eigenvalue weighted by Gasteiger charge is 2.33. The van der Waals surface area contributed by atoms with E-state index in [-0.39, 0.29) is 5.60 Å². The molecular formula is C12H23BrO2. The molecule has 0 N–H and O–H groups in total. The molecule has 1 heterocycles. The molecule has 2 nitrogen and oxygen atoms in total. The average Bonchev–Trinajstić information content (AvgIpc) is 2.28. The SMILES string of the molecule is COC(C)(C)CCC1(CBr)CCCOC1. The van der Waals surface area contributed by atoms with Crippen LogP contribution in [0, 0.1) is 5.41 Å². The van der Waals surface area contributed by atoms with E-state index in [2.05, 4.69) is 29.8 Å². The molecule has 0 aromatic rings. The van der Waals surface area contributed by atoms with Gasteiger partial charge in [-0.05, 0) is 39.5 Å². The van der Waals surface area contributed by atoms with Gasteiger partial charge in [0.05, 0.1) is 12.2 Å². The maximum Gasteiger partial charge on any atom is 0.0623 e. The molecule has 1 aliphatic heterocycles. The van der Waals surface area contributed by atoms with E-state index in [1.807, 2.05) is 0 Å². The molecule has 1 rings (SSSR count). The Morgan fingerprint density at radius 3 is 2.67 bits per heavy atom. The predicted octanol–water partition coefficient (Wildman–Crippen LogP) is 3.38. The molecule has 15 heavy (non-hydrogen) atoms. The molecule has 3 heteroatoms. The monoisotopic (exact) mass is 278 g/mol. The third kappa shape index (κ3) is 4.04. The second-order valence-corrected chi connectivity index (χ2v) is 5.81. The molecule has 1 fully saturated rings. The van der Waals surface area contributed by atoms with Gasteiger partial charge in [0.2, 0.25) is 0 Å². The number of alkyl halides is 1. The van der Waals surface area contributed by atoms with Gasteiger partial charge >= 0.3 is 0 Å². The van der Waals surface area contributed by atoms with Gasteiger partial charge in [0, 0.05) is 24.5 Å². The van der Waals surface area contributed by atoms with Gasteiger partial charge in [0.1, 0.15) is 0 Å². The number of hydrogen-bond donors (Lipinski definition) is 0. The van der Waals surface area contributed by atoms with Crippen molar-refractivity contribution in [3.63, 3.8) is 0 Å². The molecule has 90 valence electrons. The molecule has 1 unspecified atom stereocenters. The fourth-order valence-electron chi connectivity index (χ4n) is 1.95. The minimum absolute atomic E-state index is 0.00732. The van der Waals surface area contributed by atoms with Crippen molar-refractivity contribution in [2.24, 2.45) is 5.41 Å². The Morgan fingerprint density at radius 2 is 2.20 bits per heavy atom. The number of rotatable bonds is 5. The largest absolute Gasteiger partial charge is 0.381 e. The normalized spacial score (nSPS) is 28.0. The van der Waals surface area contributed by atoms with Gasteiger partial charge in [-0.3, -0.25) is 0 Å². The van der Waals surface area contributed by atoms with Crippen molar-refractivity contribution in [1.82, 2.24) is 0 Å². The van der Waals surface area contributed by atoms with Crippen LogP contribution in [0.2, 0.25) is 0 Å². The van der Waals surface area contributed by atoms with E-state index >= 15 is 0 Å². The van der Waals surface area contributed by atoms with E-state index in [1.54, 1.807) is 7.11 Å². The maximum atomic E-state index is 5.60. The lowest BCUT2D eigenvalue weighted by atomic mass is 9.78. The van der Waals surface area contributed by atoms with Crippen LogP contribution in [-0.4, -0.2) is 31.3 Å². The zero-order chi connectivity index (χ0) is 11.4. The van der Waals surface area contributed by atoms with E-state index < -0.39 is 0 Å². The quantitative estimate of drug-likeness (QED) is 0.718. The summed E-state index contributed by atoms with van der Waals surface area (Å²) in [5.41, 5.74) is 0.334. The Hall–Kier alpha value is 0.400. The molecule has 0 saturated carbocycles. The standard InChI is InChI=1S/C12H23BrO2/c1-11(2,14-3)6-7-12(9-13)5-4-8-15-10-12/h4-10H2,1-3H3. The van der Waals surface area contributed by atoms with Crippen molar-refractivity contribution in [2.75, 3.05) is 25.7 Å². The third-order valence-electron chi connectivity index (χ3n) is 3.50. The summed E-state index contributed by atoms with van der Waals surface area (Å²) >= 11 is 3.64. The fraction of sp³-hybridized carbons (Fsp3) is 1.00. The van der Waals surface area contributed by atoms with Crippen LogP contribution in [0.1, 0.15) is 39.5 Å². The molecule has 1 saturated heterocycles. The lowest BCUT2D eigenvalue weighted by Gasteiger charge is -2.37. The summed E-state index contributed by atoms with van der Waals surface area (Å²) in [5.74, 6) is 0. The number of ether oxygens (including phenoxy) is 2. The Bertz CT molecular complexity index is 186. The molecule has 1 aliphatic rings. The first-order valence-corrected chi connectivity index (χ1v) is 6.85. The highest BCUT2D eigenvalue weighted by molar-refractivity contribution is 9.09. The van der Waals surface area contributed by atoms with Crippen molar-refractivity contribution >= 4 is 15.9 Å². The number of hydrogen-bond acceptors (Lipinski definition) is 2. The fourth-order valence-corrected chi connectivity index (χ4v) is 2.67. The van der Waals surface area contributed by atoms with E-state index in [1.165, 1.54) is 19.3 Å². The molecule has 0 amide bonds. The average molecular weight is 279 g/mol. The first kappa shape index (κ1) is 13.5. The van der Waals surface area contributed by atoms with E-state index in [0.717, 1.165) is 25.0 Å². The van der Waals surface area contributed by atoms with Crippen LogP contribution in [-0.2, 0) is 9.47 Å². The summed E-state index contributed by atoms with van der Waals surface area (Å²) in [4.78, 5) is 0. The second kappa shape index (κ2) is 5.65. The van der Waals surface area contributed by atoms with Crippen LogP contribution in [0.15, 0.2) is 0 Å². The summed E-state index contributed by atoms with van der Waals surface area (Å²) in [7, 11) is 1.79. The molecule has 0 aromatic heterocycles. The molecular weight excluding hydrogens is 256 g/mol. The minimum Gasteiger partial charge on any atom is -0.381 e. The Balaban J connectivity index is 2.45. The Labute approximate surface area is 102 Å². The highest BCUT2D eigenvalue weighted by atomic mass is 79.9. The van der Waals surface area contributed by atoms with Crippen LogP contribution in [0.5, 0.6) is 0 Å². The number of halogens is 1. The van der Waals surface area contributed by atoms with E-state index in [4.69, 9.17) is 9.47 Å². The van der Waals surface area contributed by atoms with Crippen molar-refractivity contribution in [1.29, 1.82) is 0 Å². The van der Waals surface area contributed by atoms with Crippen molar-refractivity contribution in [2.45, 2.75) is 45.1 Å². The van der Waals surface area contributed by atoms with Gasteiger partial charge in [0.15, 0.2) is 0 Å². The predicted molar refractivity (Wildman–Crippen MR) is 66.6 cm³/mol. The number of methoxy groups -OCH3 is 1. The topological polar surface area (TPSA) is 18.5 Å². The Kier molecular flexibility index (Phi) is 5.07. The zero-order valence-electron chi connectivity index (χ0n) is 10.1. The minimum atomic E-state index is -0.00732. The van der Waals surface area contributed by atoms with Crippen molar-refractivity contribution < 1.29 is 9.47 Å². The van der Waals surface area contributed by atoms with Crippen LogP contribution in [0.4, 0.5) is 0 Å². The maximum absolute atomic E-state index is 5.60. The molecule has 0 bridgehead atoms. The van der Waals surface area contributed by atoms with Crippen LogP contribution in [0.25, 0.3) is 0 Å². The lowest BCUT2D eigenvalue weighted by Crippen LogP contribution is -2.36. The van der Waals surface area contributed by atoms with Crippen LogP contribution in [0.3, 0.4) is 0 Å². The molecule has 0 radical (unpaired) electrons. The zero-order valence-corrected chi connectivity index (χ0v) is 11.7. The van der Waals surface area contributed by atoms with E-state index in [9.17, 15) is 0 Å². The van der Waals surface area contributed by atoms with Crippen molar-refractivity contribution in [3.05, 3.63) is 0 Å². The third-order valence-corrected chi connectivity index (χ3v) is 4.69. The van der Waals surface area contributed by atoms with Gasteiger partial charge in [-0.1, -0.05) is 15.9 Å². The Morgan fingerprint density at radius 1 is 1.47 bits per heavy atom. The molecule has 1 atom stereocenters. The van der Waals surface area contributed by atoms with Gasteiger partial charge in [-0.25, -0.2) is 0 Å². The summed E-state index contributed by atoms with van der Waals surface area (Å²) < 4.78 is 11.1. The van der Waals surface area contributed by atoms with E-state index in [0.29, 0.717) is 5.41 Å². The first-order chi connectivity index (χ1) is 7.04. The highest BCUT2D eigenvalue weighted by Crippen LogP contribution is 2.37. The molecule has 0 spiro atoms. The smallest absolute Gasteiger partial charge is 0.0623 e. The van der Waals surface area contributed by atoms with Gasteiger partial charge in [-0.15, -0.1) is 0 Å². The molecule has 0 aliphatic carbocycles. The van der Waals surface area contributed by atoms with Crippen LogP contribution < -0.4 is 0 Å². The van der Waals surface area contributed by atoms with Gasteiger partial charge in [0.25, 0.3) is 0 Å². The summed E-state index contributed by atoms with van der Waals surface area (Å²) in [5, 5.41) is 1.04. The van der Waals surface area contributed by atoms with Crippen molar-refractivity contribution in [3.8, 4) is 0 Å². The van der Waals surface area contributed by atoms with Gasteiger partial charge < -0.3 is 9.47 Å². The summed E-state index contributed by atoms with van der Waals surface area (Å²) in [6, 6.07) is 0. The molecule has 0 aromatic carbocycles. The van der Waals surface area contributed by atoms with Crippen LogP contribution >= 0.6 is 15.9 Å². The first-order valence-electron chi connectivity index (χ1n) is 5.72. The second-order valence-electron chi connectivity index (χ2n) is 5.25. The van der Waals surface area contributed by atoms with Gasteiger partial charge in [-0.2, -0.15) is 0 Å². The summed E-state index contributed by atoms with van der Waals surface area (Å²) in [6.07, 6.45) is 4.74. The summed E-state index contributed by atoms with van der Waals surface area (Å²) in [6.45, 7) is 6.14. The lowest BCUT2D eigenvalue weighted by molar-refractivity contribution is -0.0294.